The molecule has 0 radical (unpaired) electrons. The van der Waals surface area contributed by atoms with Crippen molar-refractivity contribution in [3.8, 4) is 0 Å². The molecule has 3 atom stereocenters. The van der Waals surface area contributed by atoms with E-state index in [0.29, 0.717) is 0 Å². The van der Waals surface area contributed by atoms with Gasteiger partial charge in [-0.25, -0.2) is 0 Å². The molecule has 112 valence electrons. The fourth-order valence-electron chi connectivity index (χ4n) is 3.96. The molecule has 2 rings (SSSR count). The summed E-state index contributed by atoms with van der Waals surface area (Å²) in [7, 11) is 4.46. The SMILES string of the molecule is CCC1CCC(NC)C(CN(C)C2CCOCC2)C1. The molecule has 0 aromatic heterocycles. The highest BCUT2D eigenvalue weighted by atomic mass is 16.5. The molecule has 1 saturated carbocycles. The van der Waals surface area contributed by atoms with Crippen LogP contribution in [0.15, 0.2) is 0 Å². The van der Waals surface area contributed by atoms with Crippen LogP contribution in [0.4, 0.5) is 0 Å². The van der Waals surface area contributed by atoms with Gasteiger partial charge in [-0.15, -0.1) is 0 Å². The smallest absolute Gasteiger partial charge is 0.0480 e. The molecule has 1 aliphatic carbocycles. The molecule has 0 aromatic rings. The van der Waals surface area contributed by atoms with Crippen LogP contribution in [0.25, 0.3) is 0 Å². The van der Waals surface area contributed by atoms with Gasteiger partial charge in [0.2, 0.25) is 0 Å². The van der Waals surface area contributed by atoms with Gasteiger partial charge in [0.1, 0.15) is 0 Å². The second-order valence-corrected chi connectivity index (χ2v) is 6.53. The van der Waals surface area contributed by atoms with E-state index < -0.39 is 0 Å². The zero-order chi connectivity index (χ0) is 13.7. The normalized spacial score (nSPS) is 33.8. The Morgan fingerprint density at radius 1 is 1.16 bits per heavy atom. The summed E-state index contributed by atoms with van der Waals surface area (Å²) in [6, 6.07) is 1.47. The van der Waals surface area contributed by atoms with Crippen LogP contribution in [0.2, 0.25) is 0 Å². The number of ether oxygens (including phenoxy) is 1. The zero-order valence-electron chi connectivity index (χ0n) is 13.0. The van der Waals surface area contributed by atoms with Gasteiger partial charge in [0.15, 0.2) is 0 Å². The average molecular weight is 268 g/mol. The van der Waals surface area contributed by atoms with Gasteiger partial charge in [-0.1, -0.05) is 13.3 Å². The molecule has 3 heteroatoms. The Labute approximate surface area is 119 Å². The van der Waals surface area contributed by atoms with E-state index in [1.807, 2.05) is 0 Å². The van der Waals surface area contributed by atoms with Crippen LogP contribution in [0.1, 0.15) is 45.4 Å². The summed E-state index contributed by atoms with van der Waals surface area (Å²) in [4.78, 5) is 2.61. The molecule has 2 aliphatic rings. The summed E-state index contributed by atoms with van der Waals surface area (Å²) >= 11 is 0. The van der Waals surface area contributed by atoms with Gasteiger partial charge >= 0.3 is 0 Å². The summed E-state index contributed by atoms with van der Waals surface area (Å²) in [6.45, 7) is 5.51. The topological polar surface area (TPSA) is 24.5 Å². The first-order valence-electron chi connectivity index (χ1n) is 8.19. The van der Waals surface area contributed by atoms with E-state index in [2.05, 4.69) is 31.2 Å². The molecule has 1 aliphatic heterocycles. The molecule has 1 N–H and O–H groups in total. The summed E-state index contributed by atoms with van der Waals surface area (Å²) in [5.41, 5.74) is 0. The standard InChI is InChI=1S/C16H32N2O/c1-4-13-5-6-16(17-2)14(11-13)12-18(3)15-7-9-19-10-8-15/h13-17H,4-12H2,1-3H3. The Kier molecular flexibility index (Phi) is 6.11. The van der Waals surface area contributed by atoms with Crippen LogP contribution in [-0.2, 0) is 4.74 Å². The molecule has 3 unspecified atom stereocenters. The highest BCUT2D eigenvalue weighted by molar-refractivity contribution is 4.86. The van der Waals surface area contributed by atoms with Crippen LogP contribution < -0.4 is 5.32 Å². The number of hydrogen-bond donors (Lipinski definition) is 1. The number of rotatable bonds is 5. The van der Waals surface area contributed by atoms with Crippen LogP contribution in [-0.4, -0.2) is 50.8 Å². The second kappa shape index (κ2) is 7.61. The van der Waals surface area contributed by atoms with Gasteiger partial charge in [-0.2, -0.15) is 0 Å². The minimum atomic E-state index is 0.727. The molecule has 0 amide bonds. The summed E-state index contributed by atoms with van der Waals surface area (Å²) in [6.07, 6.45) is 7.97. The van der Waals surface area contributed by atoms with Crippen LogP contribution in [0, 0.1) is 11.8 Å². The lowest BCUT2D eigenvalue weighted by molar-refractivity contribution is 0.0314. The quantitative estimate of drug-likeness (QED) is 0.829. The van der Waals surface area contributed by atoms with Crippen molar-refractivity contribution >= 4 is 0 Å². The van der Waals surface area contributed by atoms with Crippen LogP contribution >= 0.6 is 0 Å². The Balaban J connectivity index is 1.86. The Hall–Kier alpha value is -0.120. The van der Waals surface area contributed by atoms with E-state index in [1.165, 1.54) is 45.1 Å². The van der Waals surface area contributed by atoms with Crippen molar-refractivity contribution in [2.24, 2.45) is 11.8 Å². The molecule has 0 aromatic carbocycles. The van der Waals surface area contributed by atoms with Gasteiger partial charge in [0, 0.05) is 31.8 Å². The largest absolute Gasteiger partial charge is 0.381 e. The van der Waals surface area contributed by atoms with Crippen molar-refractivity contribution in [1.29, 1.82) is 0 Å². The molecule has 0 bridgehead atoms. The van der Waals surface area contributed by atoms with Crippen molar-refractivity contribution in [1.82, 2.24) is 10.2 Å². The molecule has 1 saturated heterocycles. The van der Waals surface area contributed by atoms with E-state index in [0.717, 1.165) is 37.1 Å². The van der Waals surface area contributed by atoms with E-state index in [-0.39, 0.29) is 0 Å². The van der Waals surface area contributed by atoms with Crippen molar-refractivity contribution in [3.63, 3.8) is 0 Å². The maximum Gasteiger partial charge on any atom is 0.0480 e. The second-order valence-electron chi connectivity index (χ2n) is 6.53. The maximum atomic E-state index is 5.48. The summed E-state index contributed by atoms with van der Waals surface area (Å²) in [5, 5.41) is 3.56. The first-order valence-corrected chi connectivity index (χ1v) is 8.19. The van der Waals surface area contributed by atoms with E-state index in [4.69, 9.17) is 4.74 Å². The number of hydrogen-bond acceptors (Lipinski definition) is 3. The third-order valence-corrected chi connectivity index (χ3v) is 5.38. The van der Waals surface area contributed by atoms with Gasteiger partial charge in [-0.3, -0.25) is 0 Å². The highest BCUT2D eigenvalue weighted by Gasteiger charge is 2.31. The van der Waals surface area contributed by atoms with Gasteiger partial charge in [0.05, 0.1) is 0 Å². The minimum absolute atomic E-state index is 0.727. The van der Waals surface area contributed by atoms with Crippen molar-refractivity contribution in [2.45, 2.75) is 57.5 Å². The minimum Gasteiger partial charge on any atom is -0.381 e. The first kappa shape index (κ1) is 15.3. The lowest BCUT2D eigenvalue weighted by Crippen LogP contribution is -2.47. The van der Waals surface area contributed by atoms with Crippen molar-refractivity contribution in [2.75, 3.05) is 33.9 Å². The fraction of sp³-hybridized carbons (Fsp3) is 1.00. The molecule has 19 heavy (non-hydrogen) atoms. The fourth-order valence-corrected chi connectivity index (χ4v) is 3.96. The van der Waals surface area contributed by atoms with Gasteiger partial charge < -0.3 is 15.0 Å². The number of nitrogens with one attached hydrogen (secondary N) is 1. The van der Waals surface area contributed by atoms with Gasteiger partial charge in [0.25, 0.3) is 0 Å². The van der Waals surface area contributed by atoms with Crippen LogP contribution in [0.3, 0.4) is 0 Å². The lowest BCUT2D eigenvalue weighted by atomic mass is 9.76. The van der Waals surface area contributed by atoms with Crippen molar-refractivity contribution < 1.29 is 4.74 Å². The van der Waals surface area contributed by atoms with Gasteiger partial charge in [-0.05, 0) is 58.0 Å². The van der Waals surface area contributed by atoms with E-state index in [9.17, 15) is 0 Å². The van der Waals surface area contributed by atoms with Crippen LogP contribution in [0.5, 0.6) is 0 Å². The summed E-state index contributed by atoms with van der Waals surface area (Å²) in [5.74, 6) is 1.79. The highest BCUT2D eigenvalue weighted by Crippen LogP contribution is 2.32. The third kappa shape index (κ3) is 4.17. The zero-order valence-corrected chi connectivity index (χ0v) is 13.0. The molecule has 0 spiro atoms. The van der Waals surface area contributed by atoms with E-state index in [1.54, 1.807) is 0 Å². The van der Waals surface area contributed by atoms with E-state index >= 15 is 0 Å². The summed E-state index contributed by atoms with van der Waals surface area (Å²) < 4.78 is 5.48. The predicted molar refractivity (Wildman–Crippen MR) is 80.4 cm³/mol. The molecule has 3 nitrogen and oxygen atoms in total. The Morgan fingerprint density at radius 2 is 1.89 bits per heavy atom. The average Bonchev–Trinajstić information content (AvgIpc) is 2.48. The Morgan fingerprint density at radius 3 is 2.53 bits per heavy atom. The first-order chi connectivity index (χ1) is 9.24. The molecule has 2 fully saturated rings. The molecular weight excluding hydrogens is 236 g/mol. The number of nitrogens with zero attached hydrogens (tertiary/aromatic N) is 1. The maximum absolute atomic E-state index is 5.48. The molecule has 1 heterocycles. The Bertz CT molecular complexity index is 253. The predicted octanol–water partition coefficient (Wildman–Crippen LogP) is 2.51. The lowest BCUT2D eigenvalue weighted by Gasteiger charge is -2.40. The monoisotopic (exact) mass is 268 g/mol. The van der Waals surface area contributed by atoms with Crippen molar-refractivity contribution in [3.05, 3.63) is 0 Å². The molecular formula is C16H32N2O. The third-order valence-electron chi connectivity index (χ3n) is 5.38.